The van der Waals surface area contributed by atoms with Crippen molar-refractivity contribution in [3.63, 3.8) is 0 Å². The molecule has 0 aliphatic carbocycles. The van der Waals surface area contributed by atoms with Gasteiger partial charge in [-0.1, -0.05) is 23.8 Å². The number of likely N-dealkylation sites (N-methyl/N-ethyl adjacent to an activating group) is 1. The Morgan fingerprint density at radius 2 is 2.00 bits per heavy atom. The number of hydrogen-bond acceptors (Lipinski definition) is 3. The Kier molecular flexibility index (Phi) is 5.12. The van der Waals surface area contributed by atoms with Crippen LogP contribution in [0.1, 0.15) is 17.7 Å². The molecule has 5 nitrogen and oxygen atoms in total. The normalized spacial score (nSPS) is 17.0. The van der Waals surface area contributed by atoms with Gasteiger partial charge in [-0.05, 0) is 31.2 Å². The van der Waals surface area contributed by atoms with Crippen molar-refractivity contribution >= 4 is 17.5 Å². The smallest absolute Gasteiger partial charge is 0.227 e. The molecule has 1 aromatic heterocycles. The van der Waals surface area contributed by atoms with E-state index in [-0.39, 0.29) is 24.2 Å². The summed E-state index contributed by atoms with van der Waals surface area (Å²) in [5.41, 5.74) is 2.98. The largest absolute Gasteiger partial charge is 0.345 e. The van der Waals surface area contributed by atoms with Gasteiger partial charge in [-0.15, -0.1) is 0 Å². The second-order valence-electron chi connectivity index (χ2n) is 6.57. The highest BCUT2D eigenvalue weighted by atomic mass is 16.2. The lowest BCUT2D eigenvalue weighted by Gasteiger charge is -2.21. The second kappa shape index (κ2) is 7.47. The van der Waals surface area contributed by atoms with Crippen LogP contribution in [0.4, 0.5) is 5.69 Å². The van der Waals surface area contributed by atoms with E-state index in [1.807, 2.05) is 49.4 Å². The van der Waals surface area contributed by atoms with Gasteiger partial charge in [-0.25, -0.2) is 0 Å². The van der Waals surface area contributed by atoms with Crippen molar-refractivity contribution in [1.82, 2.24) is 9.88 Å². The van der Waals surface area contributed by atoms with Crippen LogP contribution in [0, 0.1) is 12.8 Å². The second-order valence-corrected chi connectivity index (χ2v) is 6.57. The molecule has 3 rings (SSSR count). The summed E-state index contributed by atoms with van der Waals surface area (Å²) in [6.45, 7) is 3.07. The molecule has 1 aliphatic heterocycles. The van der Waals surface area contributed by atoms with E-state index in [0.29, 0.717) is 19.5 Å². The number of benzene rings is 1. The van der Waals surface area contributed by atoms with Gasteiger partial charge in [-0.3, -0.25) is 14.6 Å². The zero-order chi connectivity index (χ0) is 17.8. The van der Waals surface area contributed by atoms with Gasteiger partial charge >= 0.3 is 0 Å². The van der Waals surface area contributed by atoms with Gasteiger partial charge in [0.25, 0.3) is 0 Å². The number of aromatic nitrogens is 1. The van der Waals surface area contributed by atoms with Gasteiger partial charge in [0.05, 0.1) is 5.92 Å². The molecule has 5 heteroatoms. The Morgan fingerprint density at radius 1 is 1.24 bits per heavy atom. The van der Waals surface area contributed by atoms with Crippen molar-refractivity contribution < 1.29 is 9.59 Å². The molecule has 0 radical (unpaired) electrons. The molecule has 0 spiro atoms. The fraction of sp³-hybridized carbons (Fsp3) is 0.350. The number of amides is 2. The van der Waals surface area contributed by atoms with Gasteiger partial charge in [0.2, 0.25) is 11.8 Å². The van der Waals surface area contributed by atoms with Crippen LogP contribution in [-0.4, -0.2) is 41.8 Å². The quantitative estimate of drug-likeness (QED) is 0.842. The summed E-state index contributed by atoms with van der Waals surface area (Å²) in [7, 11) is 1.80. The molecule has 0 saturated carbocycles. The third-order valence-electron chi connectivity index (χ3n) is 4.63. The van der Waals surface area contributed by atoms with E-state index in [0.717, 1.165) is 16.9 Å². The number of nitrogens with zero attached hydrogens (tertiary/aromatic N) is 3. The number of carbonyl (C=O) groups excluding carboxylic acids is 2. The third kappa shape index (κ3) is 4.05. The number of carbonyl (C=O) groups is 2. The SMILES string of the molecule is Cc1ccc(N2CC(C(=O)N(C)CCc3ccccn3)CC2=O)cc1. The van der Waals surface area contributed by atoms with Crippen LogP contribution < -0.4 is 4.90 Å². The minimum Gasteiger partial charge on any atom is -0.345 e. The van der Waals surface area contributed by atoms with Gasteiger partial charge in [0, 0.05) is 50.6 Å². The lowest BCUT2D eigenvalue weighted by molar-refractivity contribution is -0.134. The fourth-order valence-electron chi connectivity index (χ4n) is 3.10. The lowest BCUT2D eigenvalue weighted by Crippen LogP contribution is -2.36. The summed E-state index contributed by atoms with van der Waals surface area (Å²) in [5.74, 6) is -0.234. The maximum absolute atomic E-state index is 12.7. The molecule has 1 aliphatic rings. The highest BCUT2D eigenvalue weighted by molar-refractivity contribution is 6.00. The summed E-state index contributed by atoms with van der Waals surface area (Å²) in [5, 5.41) is 0. The fourth-order valence-corrected chi connectivity index (χ4v) is 3.10. The molecule has 1 atom stereocenters. The molecule has 130 valence electrons. The van der Waals surface area contributed by atoms with E-state index < -0.39 is 0 Å². The molecule has 1 unspecified atom stereocenters. The molecule has 2 aromatic rings. The van der Waals surface area contributed by atoms with E-state index in [1.165, 1.54) is 0 Å². The number of rotatable bonds is 5. The van der Waals surface area contributed by atoms with E-state index in [4.69, 9.17) is 0 Å². The molecular formula is C20H23N3O2. The summed E-state index contributed by atoms with van der Waals surface area (Å²) < 4.78 is 0. The standard InChI is InChI=1S/C20H23N3O2/c1-15-6-8-18(9-7-15)23-14-16(13-19(23)24)20(25)22(2)12-10-17-5-3-4-11-21-17/h3-9,11,16H,10,12-14H2,1-2H3. The minimum absolute atomic E-state index is 0.0142. The Hall–Kier alpha value is -2.69. The van der Waals surface area contributed by atoms with E-state index in [2.05, 4.69) is 4.98 Å². The van der Waals surface area contributed by atoms with Crippen molar-refractivity contribution in [2.75, 3.05) is 25.0 Å². The van der Waals surface area contributed by atoms with Crippen LogP contribution >= 0.6 is 0 Å². The maximum Gasteiger partial charge on any atom is 0.227 e. The number of anilines is 1. The van der Waals surface area contributed by atoms with Crippen LogP contribution in [0.3, 0.4) is 0 Å². The van der Waals surface area contributed by atoms with E-state index in [9.17, 15) is 9.59 Å². The number of aryl methyl sites for hydroxylation is 1. The first kappa shape index (κ1) is 17.1. The highest BCUT2D eigenvalue weighted by Crippen LogP contribution is 2.26. The molecule has 1 aromatic carbocycles. The first-order valence-electron chi connectivity index (χ1n) is 8.56. The zero-order valence-electron chi connectivity index (χ0n) is 14.7. The van der Waals surface area contributed by atoms with Gasteiger partial charge in [0.15, 0.2) is 0 Å². The predicted molar refractivity (Wildman–Crippen MR) is 97.2 cm³/mol. The van der Waals surface area contributed by atoms with Crippen LogP contribution in [-0.2, 0) is 16.0 Å². The van der Waals surface area contributed by atoms with Crippen molar-refractivity contribution in [3.8, 4) is 0 Å². The first-order chi connectivity index (χ1) is 12.0. The Labute approximate surface area is 148 Å². The van der Waals surface area contributed by atoms with Crippen LogP contribution in [0.25, 0.3) is 0 Å². The van der Waals surface area contributed by atoms with Crippen LogP contribution in [0.5, 0.6) is 0 Å². The topological polar surface area (TPSA) is 53.5 Å². The Morgan fingerprint density at radius 3 is 2.68 bits per heavy atom. The molecular weight excluding hydrogens is 314 g/mol. The highest BCUT2D eigenvalue weighted by Gasteiger charge is 2.36. The molecule has 0 N–H and O–H groups in total. The molecule has 1 fully saturated rings. The van der Waals surface area contributed by atoms with Crippen LogP contribution in [0.15, 0.2) is 48.7 Å². The Bertz CT molecular complexity index is 743. The minimum atomic E-state index is -0.275. The van der Waals surface area contributed by atoms with Crippen molar-refractivity contribution in [2.45, 2.75) is 19.8 Å². The molecule has 0 bridgehead atoms. The summed E-state index contributed by atoms with van der Waals surface area (Å²) in [6.07, 6.45) is 2.75. The van der Waals surface area contributed by atoms with Gasteiger partial charge in [0.1, 0.15) is 0 Å². The van der Waals surface area contributed by atoms with Crippen molar-refractivity contribution in [1.29, 1.82) is 0 Å². The lowest BCUT2D eigenvalue weighted by atomic mass is 10.1. The maximum atomic E-state index is 12.7. The Balaban J connectivity index is 1.59. The summed E-state index contributed by atoms with van der Waals surface area (Å²) in [6, 6.07) is 13.6. The molecule has 1 saturated heterocycles. The van der Waals surface area contributed by atoms with Gasteiger partial charge in [-0.2, -0.15) is 0 Å². The van der Waals surface area contributed by atoms with E-state index >= 15 is 0 Å². The first-order valence-corrected chi connectivity index (χ1v) is 8.56. The summed E-state index contributed by atoms with van der Waals surface area (Å²) >= 11 is 0. The average molecular weight is 337 g/mol. The van der Waals surface area contributed by atoms with E-state index in [1.54, 1.807) is 23.0 Å². The summed E-state index contributed by atoms with van der Waals surface area (Å²) in [4.78, 5) is 32.7. The number of hydrogen-bond donors (Lipinski definition) is 0. The molecule has 2 amide bonds. The molecule has 25 heavy (non-hydrogen) atoms. The monoisotopic (exact) mass is 337 g/mol. The zero-order valence-corrected chi connectivity index (χ0v) is 14.7. The number of pyridine rings is 1. The predicted octanol–water partition coefficient (Wildman–Crippen LogP) is 2.44. The molecule has 2 heterocycles. The average Bonchev–Trinajstić information content (AvgIpc) is 3.02. The van der Waals surface area contributed by atoms with Crippen molar-refractivity contribution in [3.05, 3.63) is 59.9 Å². The van der Waals surface area contributed by atoms with Gasteiger partial charge < -0.3 is 9.80 Å². The van der Waals surface area contributed by atoms with Crippen molar-refractivity contribution in [2.24, 2.45) is 5.92 Å². The third-order valence-corrected chi connectivity index (χ3v) is 4.63. The van der Waals surface area contributed by atoms with Crippen LogP contribution in [0.2, 0.25) is 0 Å².